The topological polar surface area (TPSA) is 58.9 Å². The summed E-state index contributed by atoms with van der Waals surface area (Å²) < 4.78 is 0. The van der Waals surface area contributed by atoms with Crippen LogP contribution in [-0.2, 0) is 16.1 Å². The van der Waals surface area contributed by atoms with Crippen molar-refractivity contribution in [2.45, 2.75) is 6.42 Å². The standard InChI is InChI=1S/C10H11NO3/c1-14-11-7-9-5-3-2-4-8(9)6-10(12)13/h2-5,7H,6H2,1H3,(H,12,13). The summed E-state index contributed by atoms with van der Waals surface area (Å²) in [7, 11) is 1.44. The highest BCUT2D eigenvalue weighted by atomic mass is 16.6. The molecule has 14 heavy (non-hydrogen) atoms. The van der Waals surface area contributed by atoms with Crippen LogP contribution in [0.25, 0.3) is 0 Å². The molecule has 0 saturated heterocycles. The van der Waals surface area contributed by atoms with Gasteiger partial charge in [-0.2, -0.15) is 0 Å². The first-order chi connectivity index (χ1) is 6.74. The minimum atomic E-state index is -0.858. The zero-order chi connectivity index (χ0) is 10.4. The largest absolute Gasteiger partial charge is 0.481 e. The number of rotatable bonds is 4. The Labute approximate surface area is 81.8 Å². The quantitative estimate of drug-likeness (QED) is 0.579. The molecule has 0 atom stereocenters. The van der Waals surface area contributed by atoms with E-state index in [0.717, 1.165) is 11.1 Å². The number of benzene rings is 1. The van der Waals surface area contributed by atoms with E-state index in [9.17, 15) is 4.79 Å². The molecule has 1 rings (SSSR count). The molecular formula is C10H11NO3. The molecule has 0 aromatic heterocycles. The van der Waals surface area contributed by atoms with Crippen molar-refractivity contribution in [2.75, 3.05) is 7.11 Å². The summed E-state index contributed by atoms with van der Waals surface area (Å²) in [5.41, 5.74) is 1.48. The molecule has 4 heteroatoms. The number of carboxylic acids is 1. The van der Waals surface area contributed by atoms with Crippen LogP contribution >= 0.6 is 0 Å². The first-order valence-electron chi connectivity index (χ1n) is 4.10. The van der Waals surface area contributed by atoms with Gasteiger partial charge in [-0.05, 0) is 11.1 Å². The van der Waals surface area contributed by atoms with E-state index in [1.54, 1.807) is 18.2 Å². The summed E-state index contributed by atoms with van der Waals surface area (Å²) in [4.78, 5) is 15.0. The normalized spacial score (nSPS) is 10.4. The molecule has 0 saturated carbocycles. The van der Waals surface area contributed by atoms with Crippen LogP contribution in [0.4, 0.5) is 0 Å². The van der Waals surface area contributed by atoms with E-state index in [-0.39, 0.29) is 6.42 Å². The maximum absolute atomic E-state index is 10.5. The zero-order valence-electron chi connectivity index (χ0n) is 7.80. The molecule has 1 N–H and O–H groups in total. The molecule has 0 spiro atoms. The highest BCUT2D eigenvalue weighted by Crippen LogP contribution is 2.07. The molecule has 0 amide bonds. The predicted octanol–water partition coefficient (Wildman–Crippen LogP) is 1.29. The summed E-state index contributed by atoms with van der Waals surface area (Å²) in [5.74, 6) is -0.858. The highest BCUT2D eigenvalue weighted by molar-refractivity contribution is 5.84. The molecule has 0 aliphatic rings. The van der Waals surface area contributed by atoms with E-state index >= 15 is 0 Å². The number of hydrogen-bond acceptors (Lipinski definition) is 3. The van der Waals surface area contributed by atoms with Gasteiger partial charge >= 0.3 is 5.97 Å². The van der Waals surface area contributed by atoms with Crippen LogP contribution in [0.3, 0.4) is 0 Å². The lowest BCUT2D eigenvalue weighted by atomic mass is 10.1. The first-order valence-corrected chi connectivity index (χ1v) is 4.10. The molecule has 0 aliphatic heterocycles. The van der Waals surface area contributed by atoms with Crippen molar-refractivity contribution in [2.24, 2.45) is 5.16 Å². The number of carbonyl (C=O) groups is 1. The minimum Gasteiger partial charge on any atom is -0.481 e. The van der Waals surface area contributed by atoms with Gasteiger partial charge in [0.2, 0.25) is 0 Å². The van der Waals surface area contributed by atoms with Crippen LogP contribution in [-0.4, -0.2) is 24.4 Å². The van der Waals surface area contributed by atoms with Gasteiger partial charge in [-0.1, -0.05) is 29.4 Å². The van der Waals surface area contributed by atoms with Crippen molar-refractivity contribution in [3.05, 3.63) is 35.4 Å². The fourth-order valence-corrected chi connectivity index (χ4v) is 1.09. The Hall–Kier alpha value is -1.84. The maximum atomic E-state index is 10.5. The predicted molar refractivity (Wildman–Crippen MR) is 52.4 cm³/mol. The van der Waals surface area contributed by atoms with Gasteiger partial charge < -0.3 is 9.94 Å². The van der Waals surface area contributed by atoms with Crippen LogP contribution in [0.2, 0.25) is 0 Å². The summed E-state index contributed by atoms with van der Waals surface area (Å²) in [6.07, 6.45) is 1.49. The molecule has 0 aliphatic carbocycles. The van der Waals surface area contributed by atoms with E-state index in [2.05, 4.69) is 9.99 Å². The van der Waals surface area contributed by atoms with Gasteiger partial charge in [0, 0.05) is 0 Å². The van der Waals surface area contributed by atoms with Crippen LogP contribution < -0.4 is 0 Å². The van der Waals surface area contributed by atoms with E-state index in [0.29, 0.717) is 0 Å². The lowest BCUT2D eigenvalue weighted by Crippen LogP contribution is -2.03. The van der Waals surface area contributed by atoms with Crippen molar-refractivity contribution in [1.29, 1.82) is 0 Å². The molecule has 0 heterocycles. The Bertz CT molecular complexity index is 347. The Morgan fingerprint density at radius 3 is 2.93 bits per heavy atom. The molecule has 0 bridgehead atoms. The molecule has 1 aromatic carbocycles. The Morgan fingerprint density at radius 2 is 2.29 bits per heavy atom. The van der Waals surface area contributed by atoms with Crippen molar-refractivity contribution < 1.29 is 14.7 Å². The van der Waals surface area contributed by atoms with Gasteiger partial charge in [0.15, 0.2) is 0 Å². The van der Waals surface area contributed by atoms with E-state index in [4.69, 9.17) is 5.11 Å². The average Bonchev–Trinajstić information content (AvgIpc) is 2.16. The van der Waals surface area contributed by atoms with Crippen LogP contribution in [0.15, 0.2) is 29.4 Å². The zero-order valence-corrected chi connectivity index (χ0v) is 7.80. The molecule has 4 nitrogen and oxygen atoms in total. The van der Waals surface area contributed by atoms with Crippen molar-refractivity contribution in [3.63, 3.8) is 0 Å². The third kappa shape index (κ3) is 2.90. The van der Waals surface area contributed by atoms with Gasteiger partial charge in [-0.25, -0.2) is 0 Å². The Morgan fingerprint density at radius 1 is 1.57 bits per heavy atom. The summed E-state index contributed by atoms with van der Waals surface area (Å²) in [6.45, 7) is 0. The Balaban J connectivity index is 2.90. The molecule has 0 fully saturated rings. The SMILES string of the molecule is CON=Cc1ccccc1CC(=O)O. The molecule has 0 unspecified atom stereocenters. The average molecular weight is 193 g/mol. The lowest BCUT2D eigenvalue weighted by Gasteiger charge is -2.01. The number of oxime groups is 1. The van der Waals surface area contributed by atoms with Crippen LogP contribution in [0, 0.1) is 0 Å². The number of aliphatic carboxylic acids is 1. The van der Waals surface area contributed by atoms with E-state index in [1.165, 1.54) is 13.3 Å². The second-order valence-corrected chi connectivity index (χ2v) is 2.69. The lowest BCUT2D eigenvalue weighted by molar-refractivity contribution is -0.136. The summed E-state index contributed by atoms with van der Waals surface area (Å²) >= 11 is 0. The van der Waals surface area contributed by atoms with Crippen molar-refractivity contribution >= 4 is 12.2 Å². The van der Waals surface area contributed by atoms with Gasteiger partial charge in [0.1, 0.15) is 7.11 Å². The van der Waals surface area contributed by atoms with Crippen molar-refractivity contribution in [3.8, 4) is 0 Å². The van der Waals surface area contributed by atoms with Crippen molar-refractivity contribution in [1.82, 2.24) is 0 Å². The fraction of sp³-hybridized carbons (Fsp3) is 0.200. The number of nitrogens with zero attached hydrogens (tertiary/aromatic N) is 1. The van der Waals surface area contributed by atoms with E-state index < -0.39 is 5.97 Å². The van der Waals surface area contributed by atoms with Crippen LogP contribution in [0.5, 0.6) is 0 Å². The smallest absolute Gasteiger partial charge is 0.307 e. The minimum absolute atomic E-state index is 0.00803. The molecule has 1 aromatic rings. The maximum Gasteiger partial charge on any atom is 0.307 e. The number of hydrogen-bond donors (Lipinski definition) is 1. The van der Waals surface area contributed by atoms with Gasteiger partial charge in [-0.3, -0.25) is 4.79 Å². The van der Waals surface area contributed by atoms with Gasteiger partial charge in [0.05, 0.1) is 12.6 Å². The molecule has 0 radical (unpaired) electrons. The second-order valence-electron chi connectivity index (χ2n) is 2.69. The first kappa shape index (κ1) is 10.2. The Kier molecular flexibility index (Phi) is 3.67. The monoisotopic (exact) mass is 193 g/mol. The molecular weight excluding hydrogens is 182 g/mol. The third-order valence-corrected chi connectivity index (χ3v) is 1.69. The fourth-order valence-electron chi connectivity index (χ4n) is 1.09. The second kappa shape index (κ2) is 5.01. The number of carboxylic acid groups (broad SMARTS) is 1. The van der Waals surface area contributed by atoms with Crippen LogP contribution in [0.1, 0.15) is 11.1 Å². The van der Waals surface area contributed by atoms with E-state index in [1.807, 2.05) is 6.07 Å². The summed E-state index contributed by atoms with van der Waals surface area (Å²) in [6, 6.07) is 7.16. The third-order valence-electron chi connectivity index (χ3n) is 1.69. The van der Waals surface area contributed by atoms with Gasteiger partial charge in [0.25, 0.3) is 0 Å². The molecule has 74 valence electrons. The highest BCUT2D eigenvalue weighted by Gasteiger charge is 2.03. The summed E-state index contributed by atoms with van der Waals surface area (Å²) in [5, 5.41) is 12.2. The van der Waals surface area contributed by atoms with Gasteiger partial charge in [-0.15, -0.1) is 0 Å².